The van der Waals surface area contributed by atoms with Gasteiger partial charge in [-0.25, -0.2) is 4.79 Å². The van der Waals surface area contributed by atoms with E-state index in [2.05, 4.69) is 24.0 Å². The minimum Gasteiger partial charge on any atom is -0.464 e. The van der Waals surface area contributed by atoms with E-state index < -0.39 is 0 Å². The van der Waals surface area contributed by atoms with Crippen molar-refractivity contribution in [3.63, 3.8) is 0 Å². The number of carbonyl (C=O) groups excluding carboxylic acids is 1. The van der Waals surface area contributed by atoms with Crippen molar-refractivity contribution in [2.45, 2.75) is 6.92 Å². The maximum absolute atomic E-state index is 11.1. The van der Waals surface area contributed by atoms with E-state index in [-0.39, 0.29) is 19.2 Å². The van der Waals surface area contributed by atoms with Crippen LogP contribution in [0.25, 0.3) is 10.8 Å². The van der Waals surface area contributed by atoms with Gasteiger partial charge in [0.25, 0.3) is 0 Å². The Balaban J connectivity index is 1.96. The molecular formula is C17H16O3. The van der Waals surface area contributed by atoms with Gasteiger partial charge in [-0.1, -0.05) is 48.2 Å². The highest BCUT2D eigenvalue weighted by Gasteiger charge is 1.99. The Labute approximate surface area is 118 Å². The first-order valence-corrected chi connectivity index (χ1v) is 6.51. The fourth-order valence-electron chi connectivity index (χ4n) is 1.85. The molecule has 0 bridgehead atoms. The van der Waals surface area contributed by atoms with E-state index in [0.29, 0.717) is 6.61 Å². The fraction of sp³-hybridized carbons (Fsp3) is 0.235. The van der Waals surface area contributed by atoms with Crippen LogP contribution < -0.4 is 0 Å². The average molecular weight is 268 g/mol. The van der Waals surface area contributed by atoms with Gasteiger partial charge in [0.05, 0.1) is 6.61 Å². The molecule has 0 unspecified atom stereocenters. The highest BCUT2D eigenvalue weighted by molar-refractivity contribution is 5.88. The molecule has 2 rings (SSSR count). The first-order valence-electron chi connectivity index (χ1n) is 6.51. The molecule has 0 aliphatic heterocycles. The summed E-state index contributed by atoms with van der Waals surface area (Å²) in [5, 5.41) is 2.28. The van der Waals surface area contributed by atoms with Crippen LogP contribution in [0.1, 0.15) is 12.5 Å². The first-order chi connectivity index (χ1) is 9.81. The number of rotatable bonds is 4. The Kier molecular flexibility index (Phi) is 5.16. The van der Waals surface area contributed by atoms with Gasteiger partial charge in [-0.15, -0.1) is 0 Å². The Hall–Kier alpha value is -2.31. The molecule has 0 N–H and O–H groups in total. The van der Waals surface area contributed by atoms with Crippen molar-refractivity contribution in [3.05, 3.63) is 48.0 Å². The number of esters is 1. The topological polar surface area (TPSA) is 35.5 Å². The van der Waals surface area contributed by atoms with Gasteiger partial charge in [-0.3, -0.25) is 0 Å². The van der Waals surface area contributed by atoms with Gasteiger partial charge in [0.15, 0.2) is 0 Å². The van der Waals surface area contributed by atoms with Crippen LogP contribution in [0.2, 0.25) is 0 Å². The molecule has 0 saturated heterocycles. The summed E-state index contributed by atoms with van der Waals surface area (Å²) in [6.45, 7) is 2.28. The minimum absolute atomic E-state index is 0.0575. The van der Waals surface area contributed by atoms with Gasteiger partial charge in [-0.2, -0.15) is 0 Å². The molecule has 20 heavy (non-hydrogen) atoms. The zero-order valence-corrected chi connectivity index (χ0v) is 11.4. The quantitative estimate of drug-likeness (QED) is 0.486. The third kappa shape index (κ3) is 3.84. The monoisotopic (exact) mass is 268 g/mol. The Bertz CT molecular complexity index is 645. The fourth-order valence-corrected chi connectivity index (χ4v) is 1.85. The molecule has 0 amide bonds. The largest absolute Gasteiger partial charge is 0.464 e. The maximum atomic E-state index is 11.1. The van der Waals surface area contributed by atoms with Gasteiger partial charge in [0.1, 0.15) is 13.2 Å². The van der Waals surface area contributed by atoms with E-state index >= 15 is 0 Å². The summed E-state index contributed by atoms with van der Waals surface area (Å²) in [5.74, 6) is 5.62. The second-order valence-electron chi connectivity index (χ2n) is 4.13. The molecule has 0 atom stereocenters. The minimum atomic E-state index is -0.362. The summed E-state index contributed by atoms with van der Waals surface area (Å²) in [4.78, 5) is 11.1. The summed E-state index contributed by atoms with van der Waals surface area (Å²) in [5.41, 5.74) is 0.961. The van der Waals surface area contributed by atoms with Crippen LogP contribution in [0, 0.1) is 11.8 Å². The predicted molar refractivity (Wildman–Crippen MR) is 78.3 cm³/mol. The Morgan fingerprint density at radius 1 is 1.15 bits per heavy atom. The van der Waals surface area contributed by atoms with Crippen LogP contribution in [-0.2, 0) is 14.3 Å². The van der Waals surface area contributed by atoms with E-state index in [0.717, 1.165) is 16.3 Å². The SMILES string of the molecule is CCOC(=O)COCC#Cc1cccc2ccccc12. The summed E-state index contributed by atoms with van der Waals surface area (Å²) in [6, 6.07) is 14.1. The summed E-state index contributed by atoms with van der Waals surface area (Å²) in [6.07, 6.45) is 0. The summed E-state index contributed by atoms with van der Waals surface area (Å²) < 4.78 is 9.89. The smallest absolute Gasteiger partial charge is 0.332 e. The van der Waals surface area contributed by atoms with E-state index in [4.69, 9.17) is 9.47 Å². The highest BCUT2D eigenvalue weighted by atomic mass is 16.6. The molecule has 0 heterocycles. The van der Waals surface area contributed by atoms with Crippen molar-refractivity contribution >= 4 is 16.7 Å². The van der Waals surface area contributed by atoms with Gasteiger partial charge in [0, 0.05) is 5.56 Å². The van der Waals surface area contributed by atoms with Crippen LogP contribution in [-0.4, -0.2) is 25.8 Å². The van der Waals surface area contributed by atoms with Gasteiger partial charge in [-0.05, 0) is 23.8 Å². The van der Waals surface area contributed by atoms with E-state index in [1.54, 1.807) is 6.92 Å². The number of ether oxygens (including phenoxy) is 2. The Morgan fingerprint density at radius 3 is 2.80 bits per heavy atom. The number of fused-ring (bicyclic) bond motifs is 1. The van der Waals surface area contributed by atoms with Crippen molar-refractivity contribution in [2.75, 3.05) is 19.8 Å². The molecule has 0 fully saturated rings. The van der Waals surface area contributed by atoms with Gasteiger partial charge in [0.2, 0.25) is 0 Å². The van der Waals surface area contributed by atoms with Crippen LogP contribution in [0.4, 0.5) is 0 Å². The molecule has 2 aromatic carbocycles. The van der Waals surface area contributed by atoms with Gasteiger partial charge < -0.3 is 9.47 Å². The van der Waals surface area contributed by atoms with Crippen LogP contribution in [0.15, 0.2) is 42.5 Å². The normalized spacial score (nSPS) is 9.85. The molecule has 0 aromatic heterocycles. The standard InChI is InChI=1S/C17H16O3/c1-2-20-17(18)13-19-12-6-10-15-9-5-8-14-7-3-4-11-16(14)15/h3-5,7-9,11H,2,12-13H2,1H3. The number of carbonyl (C=O) groups is 1. The van der Waals surface area contributed by atoms with Crippen molar-refractivity contribution in [2.24, 2.45) is 0 Å². The van der Waals surface area contributed by atoms with E-state index in [1.807, 2.05) is 30.3 Å². The zero-order chi connectivity index (χ0) is 14.2. The van der Waals surface area contributed by atoms with E-state index in [1.165, 1.54) is 0 Å². The molecule has 2 aromatic rings. The van der Waals surface area contributed by atoms with Crippen molar-refractivity contribution in [3.8, 4) is 11.8 Å². The average Bonchev–Trinajstić information content (AvgIpc) is 2.47. The highest BCUT2D eigenvalue weighted by Crippen LogP contribution is 2.17. The second kappa shape index (κ2) is 7.32. The van der Waals surface area contributed by atoms with E-state index in [9.17, 15) is 4.79 Å². The molecule has 3 heteroatoms. The molecule has 0 radical (unpaired) electrons. The summed E-state index contributed by atoms with van der Waals surface area (Å²) >= 11 is 0. The zero-order valence-electron chi connectivity index (χ0n) is 11.4. The lowest BCUT2D eigenvalue weighted by atomic mass is 10.1. The van der Waals surface area contributed by atoms with Gasteiger partial charge >= 0.3 is 5.97 Å². The first kappa shape index (κ1) is 14.1. The summed E-state index contributed by atoms with van der Waals surface area (Å²) in [7, 11) is 0. The predicted octanol–water partition coefficient (Wildman–Crippen LogP) is 2.77. The van der Waals surface area contributed by atoms with Crippen molar-refractivity contribution in [1.82, 2.24) is 0 Å². The third-order valence-electron chi connectivity index (χ3n) is 2.71. The maximum Gasteiger partial charge on any atom is 0.332 e. The lowest BCUT2D eigenvalue weighted by Gasteiger charge is -2.00. The number of hydrogen-bond acceptors (Lipinski definition) is 3. The van der Waals surface area contributed by atoms with Crippen LogP contribution in [0.5, 0.6) is 0 Å². The molecule has 0 aliphatic rings. The van der Waals surface area contributed by atoms with Crippen LogP contribution in [0.3, 0.4) is 0 Å². The lowest BCUT2D eigenvalue weighted by Crippen LogP contribution is -2.12. The number of hydrogen-bond donors (Lipinski definition) is 0. The Morgan fingerprint density at radius 2 is 1.95 bits per heavy atom. The molecule has 0 saturated carbocycles. The molecule has 3 nitrogen and oxygen atoms in total. The molecular weight excluding hydrogens is 252 g/mol. The number of benzene rings is 2. The molecule has 0 aliphatic carbocycles. The van der Waals surface area contributed by atoms with Crippen molar-refractivity contribution < 1.29 is 14.3 Å². The second-order valence-corrected chi connectivity index (χ2v) is 4.13. The van der Waals surface area contributed by atoms with Crippen molar-refractivity contribution in [1.29, 1.82) is 0 Å². The molecule has 102 valence electrons. The third-order valence-corrected chi connectivity index (χ3v) is 2.71. The lowest BCUT2D eigenvalue weighted by molar-refractivity contribution is -0.147. The molecule has 0 spiro atoms. The van der Waals surface area contributed by atoms with Crippen LogP contribution >= 0.6 is 0 Å².